The van der Waals surface area contributed by atoms with E-state index in [0.717, 1.165) is 11.8 Å². The highest BCUT2D eigenvalue weighted by Gasteiger charge is 2.33. The molecule has 1 aliphatic rings. The fraction of sp³-hybridized carbons (Fsp3) is 0.667. The SMILES string of the molecule is CCC1CCC(NC(c2ccccc2)C(C)C)C1C. The molecule has 1 N–H and O–H groups in total. The predicted octanol–water partition coefficient (Wildman–Crippen LogP) is 4.80. The average Bonchev–Trinajstić information content (AvgIpc) is 2.77. The summed E-state index contributed by atoms with van der Waals surface area (Å²) in [5.74, 6) is 2.37. The van der Waals surface area contributed by atoms with Crippen LogP contribution >= 0.6 is 0 Å². The number of hydrogen-bond donors (Lipinski definition) is 1. The molecular formula is C18H29N. The second-order valence-corrected chi connectivity index (χ2v) is 6.51. The Morgan fingerprint density at radius 2 is 1.84 bits per heavy atom. The molecule has 1 fully saturated rings. The maximum absolute atomic E-state index is 3.95. The standard InChI is InChI=1S/C18H29N/c1-5-15-11-12-17(14(15)4)19-18(13(2)3)16-9-7-6-8-10-16/h6-10,13-15,17-19H,5,11-12H2,1-4H3. The van der Waals surface area contributed by atoms with Gasteiger partial charge in [-0.2, -0.15) is 0 Å². The highest BCUT2D eigenvalue weighted by molar-refractivity contribution is 5.19. The van der Waals surface area contributed by atoms with Gasteiger partial charge >= 0.3 is 0 Å². The molecule has 0 aromatic heterocycles. The molecule has 0 aliphatic heterocycles. The summed E-state index contributed by atoms with van der Waals surface area (Å²) in [5, 5.41) is 3.95. The zero-order chi connectivity index (χ0) is 13.8. The molecule has 0 spiro atoms. The Balaban J connectivity index is 2.06. The van der Waals surface area contributed by atoms with Gasteiger partial charge in [-0.25, -0.2) is 0 Å². The molecule has 4 unspecified atom stereocenters. The lowest BCUT2D eigenvalue weighted by Gasteiger charge is -2.30. The molecule has 1 aromatic carbocycles. The van der Waals surface area contributed by atoms with Crippen LogP contribution < -0.4 is 5.32 Å². The Hall–Kier alpha value is -0.820. The first-order chi connectivity index (χ1) is 9.13. The van der Waals surface area contributed by atoms with E-state index >= 15 is 0 Å². The normalized spacial score (nSPS) is 28.8. The summed E-state index contributed by atoms with van der Waals surface area (Å²) in [4.78, 5) is 0. The zero-order valence-corrected chi connectivity index (χ0v) is 12.9. The van der Waals surface area contributed by atoms with Gasteiger partial charge < -0.3 is 5.32 Å². The van der Waals surface area contributed by atoms with Gasteiger partial charge in [0.25, 0.3) is 0 Å². The summed E-state index contributed by atoms with van der Waals surface area (Å²) >= 11 is 0. The maximum atomic E-state index is 3.95. The molecule has 2 rings (SSSR count). The lowest BCUT2D eigenvalue weighted by Crippen LogP contribution is -2.38. The van der Waals surface area contributed by atoms with Crippen molar-refractivity contribution >= 4 is 0 Å². The monoisotopic (exact) mass is 259 g/mol. The fourth-order valence-corrected chi connectivity index (χ4v) is 3.62. The lowest BCUT2D eigenvalue weighted by molar-refractivity contribution is 0.292. The van der Waals surface area contributed by atoms with Crippen molar-refractivity contribution in [3.05, 3.63) is 35.9 Å². The lowest BCUT2D eigenvalue weighted by atomic mass is 9.90. The molecule has 0 heterocycles. The minimum absolute atomic E-state index is 0.490. The molecule has 0 amide bonds. The van der Waals surface area contributed by atoms with Gasteiger partial charge in [-0.15, -0.1) is 0 Å². The third kappa shape index (κ3) is 3.39. The molecule has 1 saturated carbocycles. The van der Waals surface area contributed by atoms with Crippen LogP contribution in [0.4, 0.5) is 0 Å². The molecule has 0 radical (unpaired) electrons. The van der Waals surface area contributed by atoms with Crippen LogP contribution in [0.1, 0.15) is 58.6 Å². The van der Waals surface area contributed by atoms with Crippen LogP contribution in [0.25, 0.3) is 0 Å². The molecule has 1 nitrogen and oxygen atoms in total. The van der Waals surface area contributed by atoms with E-state index in [2.05, 4.69) is 63.3 Å². The van der Waals surface area contributed by atoms with Gasteiger partial charge in [0.15, 0.2) is 0 Å². The third-order valence-corrected chi connectivity index (χ3v) is 4.97. The van der Waals surface area contributed by atoms with Crippen LogP contribution in [0, 0.1) is 17.8 Å². The van der Waals surface area contributed by atoms with Crippen LogP contribution in [0.2, 0.25) is 0 Å². The van der Waals surface area contributed by atoms with Gasteiger partial charge in [-0.1, -0.05) is 64.4 Å². The van der Waals surface area contributed by atoms with Crippen LogP contribution in [-0.4, -0.2) is 6.04 Å². The molecule has 19 heavy (non-hydrogen) atoms. The van der Waals surface area contributed by atoms with Crippen LogP contribution in [0.5, 0.6) is 0 Å². The molecule has 0 saturated heterocycles. The van der Waals surface area contributed by atoms with E-state index in [1.165, 1.54) is 24.8 Å². The highest BCUT2D eigenvalue weighted by Crippen LogP contribution is 2.36. The number of rotatable bonds is 5. The summed E-state index contributed by atoms with van der Waals surface area (Å²) in [6.07, 6.45) is 4.07. The molecule has 1 heteroatoms. The third-order valence-electron chi connectivity index (χ3n) is 4.97. The van der Waals surface area contributed by atoms with E-state index in [0.29, 0.717) is 18.0 Å². The quantitative estimate of drug-likeness (QED) is 0.801. The van der Waals surface area contributed by atoms with Gasteiger partial charge in [0.05, 0.1) is 0 Å². The fourth-order valence-electron chi connectivity index (χ4n) is 3.62. The van der Waals surface area contributed by atoms with Gasteiger partial charge in [-0.05, 0) is 36.2 Å². The van der Waals surface area contributed by atoms with Gasteiger partial charge in [0.1, 0.15) is 0 Å². The molecule has 0 bridgehead atoms. The first-order valence-electron chi connectivity index (χ1n) is 7.94. The Kier molecular flexibility index (Phi) is 5.04. The maximum Gasteiger partial charge on any atom is 0.0345 e. The molecule has 106 valence electrons. The minimum atomic E-state index is 0.490. The number of nitrogens with one attached hydrogen (secondary N) is 1. The van der Waals surface area contributed by atoms with Crippen molar-refractivity contribution < 1.29 is 0 Å². The van der Waals surface area contributed by atoms with E-state index < -0.39 is 0 Å². The molecular weight excluding hydrogens is 230 g/mol. The zero-order valence-electron chi connectivity index (χ0n) is 12.9. The van der Waals surface area contributed by atoms with Crippen molar-refractivity contribution in [1.82, 2.24) is 5.32 Å². The van der Waals surface area contributed by atoms with E-state index in [-0.39, 0.29) is 0 Å². The van der Waals surface area contributed by atoms with E-state index in [4.69, 9.17) is 0 Å². The molecule has 1 aromatic rings. The Morgan fingerprint density at radius 1 is 1.16 bits per heavy atom. The Labute approximate surface area is 118 Å². The van der Waals surface area contributed by atoms with Crippen molar-refractivity contribution in [1.29, 1.82) is 0 Å². The minimum Gasteiger partial charge on any atom is -0.307 e. The van der Waals surface area contributed by atoms with Crippen molar-refractivity contribution in [2.24, 2.45) is 17.8 Å². The predicted molar refractivity (Wildman–Crippen MR) is 83.1 cm³/mol. The second kappa shape index (κ2) is 6.56. The van der Waals surface area contributed by atoms with Crippen molar-refractivity contribution in [2.75, 3.05) is 0 Å². The van der Waals surface area contributed by atoms with E-state index in [9.17, 15) is 0 Å². The van der Waals surface area contributed by atoms with Gasteiger partial charge in [-0.3, -0.25) is 0 Å². The van der Waals surface area contributed by atoms with Crippen LogP contribution in [0.15, 0.2) is 30.3 Å². The van der Waals surface area contributed by atoms with Crippen LogP contribution in [0.3, 0.4) is 0 Å². The summed E-state index contributed by atoms with van der Waals surface area (Å²) in [6, 6.07) is 12.1. The summed E-state index contributed by atoms with van der Waals surface area (Å²) in [5.41, 5.74) is 1.43. The Morgan fingerprint density at radius 3 is 2.37 bits per heavy atom. The van der Waals surface area contributed by atoms with Crippen molar-refractivity contribution in [3.8, 4) is 0 Å². The van der Waals surface area contributed by atoms with E-state index in [1.54, 1.807) is 0 Å². The average molecular weight is 259 g/mol. The largest absolute Gasteiger partial charge is 0.307 e. The van der Waals surface area contributed by atoms with E-state index in [1.807, 2.05) is 0 Å². The topological polar surface area (TPSA) is 12.0 Å². The Bertz CT molecular complexity index is 371. The molecule has 4 atom stereocenters. The van der Waals surface area contributed by atoms with Crippen molar-refractivity contribution in [2.45, 2.75) is 59.0 Å². The number of benzene rings is 1. The highest BCUT2D eigenvalue weighted by atomic mass is 15.0. The molecule has 1 aliphatic carbocycles. The first kappa shape index (κ1) is 14.6. The smallest absolute Gasteiger partial charge is 0.0345 e. The number of hydrogen-bond acceptors (Lipinski definition) is 1. The van der Waals surface area contributed by atoms with Gasteiger partial charge in [0, 0.05) is 12.1 Å². The summed E-state index contributed by atoms with van der Waals surface area (Å²) < 4.78 is 0. The van der Waals surface area contributed by atoms with Crippen LogP contribution in [-0.2, 0) is 0 Å². The van der Waals surface area contributed by atoms with Crippen molar-refractivity contribution in [3.63, 3.8) is 0 Å². The first-order valence-corrected chi connectivity index (χ1v) is 7.94. The van der Waals surface area contributed by atoms with Gasteiger partial charge in [0.2, 0.25) is 0 Å². The summed E-state index contributed by atoms with van der Waals surface area (Å²) in [7, 11) is 0. The summed E-state index contributed by atoms with van der Waals surface area (Å²) in [6.45, 7) is 9.41. The second-order valence-electron chi connectivity index (χ2n) is 6.51.